The Kier molecular flexibility index (Phi) is 9.74. The molecule has 6 nitrogen and oxygen atoms in total. The summed E-state index contributed by atoms with van der Waals surface area (Å²) in [5.74, 6) is 1.85. The molecule has 0 unspecified atom stereocenters. The van der Waals surface area contributed by atoms with Gasteiger partial charge in [-0.2, -0.15) is 0 Å². The summed E-state index contributed by atoms with van der Waals surface area (Å²) in [5.41, 5.74) is 5.69. The summed E-state index contributed by atoms with van der Waals surface area (Å²) in [6, 6.07) is 33.4. The van der Waals surface area contributed by atoms with Crippen LogP contribution in [0.4, 0.5) is 0 Å². The number of hydrogen-bond donors (Lipinski definition) is 0. The number of halogens is 1. The number of piperidine rings is 1. The maximum atomic E-state index is 13.4. The molecule has 2 aliphatic heterocycles. The van der Waals surface area contributed by atoms with E-state index in [-0.39, 0.29) is 11.3 Å². The number of carbonyl (C=O) groups excluding carboxylic acids is 1. The zero-order chi connectivity index (χ0) is 31.2. The zero-order valence-electron chi connectivity index (χ0n) is 26.3. The molecule has 2 aliphatic rings. The molecule has 2 heterocycles. The highest BCUT2D eigenvalue weighted by atomic mass is 35.5. The van der Waals surface area contributed by atoms with Crippen molar-refractivity contribution in [2.24, 2.45) is 0 Å². The van der Waals surface area contributed by atoms with Crippen LogP contribution in [0.25, 0.3) is 0 Å². The Labute approximate surface area is 272 Å². The highest BCUT2D eigenvalue weighted by Gasteiger charge is 2.39. The first-order valence-corrected chi connectivity index (χ1v) is 16.2. The number of nitrogens with zero attached hydrogens (tertiary/aromatic N) is 3. The van der Waals surface area contributed by atoms with Crippen molar-refractivity contribution in [1.82, 2.24) is 14.7 Å². The number of likely N-dealkylation sites (tertiary alicyclic amines) is 1. The van der Waals surface area contributed by atoms with Gasteiger partial charge in [0, 0.05) is 61.8 Å². The molecule has 0 aliphatic carbocycles. The van der Waals surface area contributed by atoms with Crippen molar-refractivity contribution in [2.75, 3.05) is 53.5 Å². The van der Waals surface area contributed by atoms with Crippen LogP contribution in [0.3, 0.4) is 0 Å². The number of rotatable bonds is 9. The minimum absolute atomic E-state index is 0.115. The molecule has 6 rings (SSSR count). The molecular formula is C38H42ClN3O3. The van der Waals surface area contributed by atoms with Crippen LogP contribution in [0.1, 0.15) is 45.5 Å². The molecule has 0 atom stereocenters. The fourth-order valence-electron chi connectivity index (χ4n) is 6.89. The Morgan fingerprint density at radius 1 is 0.667 bits per heavy atom. The Hall–Kier alpha value is -3.84. The first kappa shape index (κ1) is 31.2. The molecule has 4 aromatic carbocycles. The topological polar surface area (TPSA) is 45.3 Å². The second-order valence-corrected chi connectivity index (χ2v) is 12.7. The largest absolute Gasteiger partial charge is 0.497 e. The van der Waals surface area contributed by atoms with E-state index in [2.05, 4.69) is 82.6 Å². The average molecular weight is 624 g/mol. The lowest BCUT2D eigenvalue weighted by Gasteiger charge is -2.44. The molecule has 0 N–H and O–H groups in total. The van der Waals surface area contributed by atoms with Gasteiger partial charge < -0.3 is 14.4 Å². The van der Waals surface area contributed by atoms with Crippen LogP contribution in [-0.4, -0.2) is 74.1 Å². The quantitative estimate of drug-likeness (QED) is 0.203. The third-order valence-electron chi connectivity index (χ3n) is 9.44. The Morgan fingerprint density at radius 2 is 1.18 bits per heavy atom. The molecule has 0 spiro atoms. The van der Waals surface area contributed by atoms with Crippen molar-refractivity contribution in [3.63, 3.8) is 0 Å². The van der Waals surface area contributed by atoms with Gasteiger partial charge in [0.15, 0.2) is 0 Å². The van der Waals surface area contributed by atoms with E-state index in [1.54, 1.807) is 14.2 Å². The lowest BCUT2D eigenvalue weighted by molar-refractivity contribution is 0.0628. The molecule has 234 valence electrons. The molecular weight excluding hydrogens is 582 g/mol. The van der Waals surface area contributed by atoms with Crippen LogP contribution in [0.2, 0.25) is 5.02 Å². The van der Waals surface area contributed by atoms with Crippen LogP contribution in [0.5, 0.6) is 11.5 Å². The Morgan fingerprint density at radius 3 is 1.71 bits per heavy atom. The van der Waals surface area contributed by atoms with E-state index in [4.69, 9.17) is 21.1 Å². The Bertz CT molecular complexity index is 1500. The maximum absolute atomic E-state index is 13.4. The highest BCUT2D eigenvalue weighted by molar-refractivity contribution is 6.30. The molecule has 45 heavy (non-hydrogen) atoms. The van der Waals surface area contributed by atoms with Crippen molar-refractivity contribution >= 4 is 17.5 Å². The fraction of sp³-hybridized carbons (Fsp3) is 0.342. The normalized spacial score (nSPS) is 17.2. The van der Waals surface area contributed by atoms with Gasteiger partial charge >= 0.3 is 0 Å². The number of amides is 1. The first-order valence-electron chi connectivity index (χ1n) is 15.8. The summed E-state index contributed by atoms with van der Waals surface area (Å²) < 4.78 is 10.9. The van der Waals surface area contributed by atoms with E-state index >= 15 is 0 Å². The lowest BCUT2D eigenvalue weighted by Crippen LogP contribution is -2.48. The molecule has 2 fully saturated rings. The smallest absolute Gasteiger partial charge is 0.253 e. The fourth-order valence-corrected chi connectivity index (χ4v) is 7.01. The van der Waals surface area contributed by atoms with Gasteiger partial charge in [0.25, 0.3) is 5.91 Å². The summed E-state index contributed by atoms with van der Waals surface area (Å²) in [7, 11) is 3.42. The standard InChI is InChI=1S/C38H42ClN3O3/c1-44-35-16-10-32(11-17-35)38(33-12-18-36(45-2)19-13-33)20-3-21-41(28-38)27-29-4-8-31(9-5-29)37(43)42-24-22-40(23-25-42)26-30-6-14-34(39)15-7-30/h4-19H,3,20-28H2,1-2H3. The second-order valence-electron chi connectivity index (χ2n) is 12.2. The molecule has 0 aromatic heterocycles. The van der Waals surface area contributed by atoms with Crippen LogP contribution in [-0.2, 0) is 18.5 Å². The first-order chi connectivity index (χ1) is 22.0. The molecule has 7 heteroatoms. The van der Waals surface area contributed by atoms with Gasteiger partial charge in [0.1, 0.15) is 11.5 Å². The minimum atomic E-state index is -0.137. The summed E-state index contributed by atoms with van der Waals surface area (Å²) in [6.45, 7) is 6.87. The third kappa shape index (κ3) is 7.19. The second kappa shape index (κ2) is 14.1. The summed E-state index contributed by atoms with van der Waals surface area (Å²) in [6.07, 6.45) is 2.17. The Balaban J connectivity index is 1.10. The van der Waals surface area contributed by atoms with E-state index in [1.165, 1.54) is 22.3 Å². The molecule has 0 bridgehead atoms. The number of piperazine rings is 1. The van der Waals surface area contributed by atoms with Crippen LogP contribution >= 0.6 is 11.6 Å². The van der Waals surface area contributed by atoms with Crippen molar-refractivity contribution in [3.8, 4) is 11.5 Å². The number of hydrogen-bond acceptors (Lipinski definition) is 5. The molecule has 4 aromatic rings. The molecule has 0 radical (unpaired) electrons. The molecule has 2 saturated heterocycles. The molecule has 0 saturated carbocycles. The molecule has 1 amide bonds. The van der Waals surface area contributed by atoms with Crippen LogP contribution in [0.15, 0.2) is 97.1 Å². The van der Waals surface area contributed by atoms with Crippen molar-refractivity contribution < 1.29 is 14.3 Å². The summed E-state index contributed by atoms with van der Waals surface area (Å²) in [5, 5.41) is 0.756. The van der Waals surface area contributed by atoms with Gasteiger partial charge in [-0.1, -0.05) is 60.1 Å². The van der Waals surface area contributed by atoms with Gasteiger partial charge in [-0.15, -0.1) is 0 Å². The summed E-state index contributed by atoms with van der Waals surface area (Å²) in [4.78, 5) is 20.3. The summed E-state index contributed by atoms with van der Waals surface area (Å²) >= 11 is 6.03. The van der Waals surface area contributed by atoms with Crippen molar-refractivity contribution in [1.29, 1.82) is 0 Å². The zero-order valence-corrected chi connectivity index (χ0v) is 27.0. The minimum Gasteiger partial charge on any atom is -0.497 e. The number of ether oxygens (including phenoxy) is 2. The van der Waals surface area contributed by atoms with Gasteiger partial charge in [0.05, 0.1) is 14.2 Å². The van der Waals surface area contributed by atoms with Crippen LogP contribution in [0, 0.1) is 0 Å². The SMILES string of the molecule is COc1ccc(C2(c3ccc(OC)cc3)CCCN(Cc3ccc(C(=O)N4CCN(Cc5ccc(Cl)cc5)CC4)cc3)C2)cc1. The van der Waals surface area contributed by atoms with Gasteiger partial charge in [-0.3, -0.25) is 14.6 Å². The van der Waals surface area contributed by atoms with Gasteiger partial charge in [-0.05, 0) is 90.2 Å². The van der Waals surface area contributed by atoms with Crippen molar-refractivity contribution in [2.45, 2.75) is 31.3 Å². The highest BCUT2D eigenvalue weighted by Crippen LogP contribution is 2.42. The lowest BCUT2D eigenvalue weighted by atomic mass is 9.69. The van der Waals surface area contributed by atoms with Crippen LogP contribution < -0.4 is 9.47 Å². The number of benzene rings is 4. The monoisotopic (exact) mass is 623 g/mol. The van der Waals surface area contributed by atoms with E-state index in [9.17, 15) is 4.79 Å². The number of carbonyl (C=O) groups is 1. The van der Waals surface area contributed by atoms with E-state index in [0.717, 1.165) is 87.3 Å². The predicted molar refractivity (Wildman–Crippen MR) is 180 cm³/mol. The van der Waals surface area contributed by atoms with E-state index in [1.807, 2.05) is 29.2 Å². The van der Waals surface area contributed by atoms with Crippen molar-refractivity contribution in [3.05, 3.63) is 130 Å². The predicted octanol–water partition coefficient (Wildman–Crippen LogP) is 6.90. The van der Waals surface area contributed by atoms with Gasteiger partial charge in [-0.25, -0.2) is 0 Å². The van der Waals surface area contributed by atoms with Gasteiger partial charge in [0.2, 0.25) is 0 Å². The third-order valence-corrected chi connectivity index (χ3v) is 9.69. The van der Waals surface area contributed by atoms with E-state index < -0.39 is 0 Å². The maximum Gasteiger partial charge on any atom is 0.253 e. The van der Waals surface area contributed by atoms with E-state index in [0.29, 0.717) is 0 Å². The average Bonchev–Trinajstić information content (AvgIpc) is 3.10. The number of methoxy groups -OCH3 is 2.